The van der Waals surface area contributed by atoms with Crippen molar-refractivity contribution in [3.63, 3.8) is 0 Å². The van der Waals surface area contributed by atoms with E-state index in [0.717, 1.165) is 45.6 Å². The third kappa shape index (κ3) is 4.54. The summed E-state index contributed by atoms with van der Waals surface area (Å²) in [5.74, 6) is -0.850. The molecule has 0 amide bonds. The lowest BCUT2D eigenvalue weighted by Gasteiger charge is -2.21. The van der Waals surface area contributed by atoms with Gasteiger partial charge in [-0.25, -0.2) is 5.53 Å². The third-order valence-corrected chi connectivity index (χ3v) is 5.62. The van der Waals surface area contributed by atoms with Crippen molar-refractivity contribution >= 4 is 17.4 Å². The molecule has 8 nitrogen and oxygen atoms in total. The number of aromatic nitrogens is 2. The predicted octanol–water partition coefficient (Wildman–Crippen LogP) is 4.58. The van der Waals surface area contributed by atoms with Crippen LogP contribution in [0.5, 0.6) is 0 Å². The maximum atomic E-state index is 11.1. The molecule has 0 saturated heterocycles. The number of rotatable bonds is 6. The second-order valence-electron chi connectivity index (χ2n) is 7.96. The van der Waals surface area contributed by atoms with Gasteiger partial charge in [0.15, 0.2) is 0 Å². The van der Waals surface area contributed by atoms with Crippen LogP contribution in [0.1, 0.15) is 36.1 Å². The number of anilines is 1. The van der Waals surface area contributed by atoms with Crippen LogP contribution in [0.4, 0.5) is 5.69 Å². The van der Waals surface area contributed by atoms with Gasteiger partial charge in [0.25, 0.3) is 0 Å². The van der Waals surface area contributed by atoms with Crippen LogP contribution in [-0.2, 0) is 18.3 Å². The number of benzene rings is 2. The standard InChI is InChI=1S/C24H26N6O2/c1-15(29-25)24-20-7-6-17(18-13-27-30(2)14-18)12-21(20)22(8-9-26-24)28-19-5-3-4-16(10-19)11-23(31)32/h3-7,10,12-14,22,25-26,28H,8-9,11H2,1-2H3,(H,31,32)/b24-15-,29-25?. The fourth-order valence-electron chi connectivity index (χ4n) is 4.10. The molecular formula is C24H26N6O2. The molecule has 4 N–H and O–H groups in total. The van der Waals surface area contributed by atoms with Gasteiger partial charge in [-0.2, -0.15) is 10.2 Å². The fraction of sp³-hybridized carbons (Fsp3) is 0.250. The Kier molecular flexibility index (Phi) is 6.02. The van der Waals surface area contributed by atoms with E-state index in [9.17, 15) is 4.79 Å². The Labute approximate surface area is 186 Å². The van der Waals surface area contributed by atoms with Gasteiger partial charge in [0, 0.05) is 36.6 Å². The summed E-state index contributed by atoms with van der Waals surface area (Å²) in [7, 11) is 1.89. The molecule has 2 heterocycles. The summed E-state index contributed by atoms with van der Waals surface area (Å²) in [6.07, 6.45) is 4.62. The first kappa shape index (κ1) is 21.3. The molecule has 1 atom stereocenters. The summed E-state index contributed by atoms with van der Waals surface area (Å²) in [6.45, 7) is 2.54. The number of carboxylic acid groups (broad SMARTS) is 1. The van der Waals surface area contributed by atoms with Gasteiger partial charge in [0.05, 0.1) is 30.1 Å². The zero-order chi connectivity index (χ0) is 22.7. The van der Waals surface area contributed by atoms with Crippen molar-refractivity contribution in [1.29, 1.82) is 5.53 Å². The van der Waals surface area contributed by atoms with Crippen LogP contribution < -0.4 is 10.6 Å². The number of hydrogen-bond donors (Lipinski definition) is 4. The van der Waals surface area contributed by atoms with E-state index in [1.165, 1.54) is 0 Å². The minimum atomic E-state index is -0.850. The Morgan fingerprint density at radius 3 is 2.88 bits per heavy atom. The Balaban J connectivity index is 1.77. The molecule has 1 aliphatic heterocycles. The highest BCUT2D eigenvalue weighted by Gasteiger charge is 2.23. The fourth-order valence-corrected chi connectivity index (χ4v) is 4.10. The van der Waals surface area contributed by atoms with E-state index < -0.39 is 5.97 Å². The van der Waals surface area contributed by atoms with E-state index >= 15 is 0 Å². The smallest absolute Gasteiger partial charge is 0.307 e. The first-order valence-corrected chi connectivity index (χ1v) is 10.5. The summed E-state index contributed by atoms with van der Waals surface area (Å²) < 4.78 is 1.78. The first-order valence-electron chi connectivity index (χ1n) is 10.5. The largest absolute Gasteiger partial charge is 0.481 e. The Morgan fingerprint density at radius 2 is 2.16 bits per heavy atom. The van der Waals surface area contributed by atoms with Gasteiger partial charge in [-0.05, 0) is 48.2 Å². The van der Waals surface area contributed by atoms with Crippen LogP contribution in [0, 0.1) is 5.53 Å². The van der Waals surface area contributed by atoms with Gasteiger partial charge in [-0.3, -0.25) is 9.48 Å². The van der Waals surface area contributed by atoms with Crippen molar-refractivity contribution in [2.24, 2.45) is 12.2 Å². The van der Waals surface area contributed by atoms with Crippen molar-refractivity contribution in [3.8, 4) is 11.1 Å². The van der Waals surface area contributed by atoms with Crippen LogP contribution >= 0.6 is 0 Å². The molecule has 1 unspecified atom stereocenters. The van der Waals surface area contributed by atoms with Crippen LogP contribution in [0.3, 0.4) is 0 Å². The molecule has 1 aliphatic rings. The molecule has 4 rings (SSSR count). The number of aliphatic carboxylic acids is 1. The summed E-state index contributed by atoms with van der Waals surface area (Å²) >= 11 is 0. The number of fused-ring (bicyclic) bond motifs is 1. The van der Waals surface area contributed by atoms with Crippen molar-refractivity contribution in [2.45, 2.75) is 25.8 Å². The minimum absolute atomic E-state index is 0.00904. The molecule has 0 fully saturated rings. The summed E-state index contributed by atoms with van der Waals surface area (Å²) in [5, 5.41) is 24.1. The lowest BCUT2D eigenvalue weighted by atomic mass is 9.93. The van der Waals surface area contributed by atoms with E-state index in [4.69, 9.17) is 10.6 Å². The van der Waals surface area contributed by atoms with Crippen molar-refractivity contribution in [1.82, 2.24) is 15.1 Å². The van der Waals surface area contributed by atoms with E-state index in [0.29, 0.717) is 12.2 Å². The average Bonchev–Trinajstić information content (AvgIpc) is 3.13. The number of carboxylic acids is 1. The highest BCUT2D eigenvalue weighted by molar-refractivity contribution is 5.75. The van der Waals surface area contributed by atoms with Gasteiger partial charge in [-0.1, -0.05) is 24.3 Å². The SMILES string of the molecule is C/C(N=N)=C1/NCCC(Nc2cccc(CC(=O)O)c2)c2cc(-c3cnn(C)c3)ccc21. The van der Waals surface area contributed by atoms with Crippen LogP contribution in [-0.4, -0.2) is 27.4 Å². The van der Waals surface area contributed by atoms with Gasteiger partial charge in [-0.15, -0.1) is 0 Å². The zero-order valence-electron chi connectivity index (χ0n) is 18.1. The molecule has 2 aromatic carbocycles. The van der Waals surface area contributed by atoms with Gasteiger partial charge >= 0.3 is 5.97 Å². The molecule has 0 bridgehead atoms. The topological polar surface area (TPSA) is 115 Å². The molecule has 164 valence electrons. The zero-order valence-corrected chi connectivity index (χ0v) is 18.1. The summed E-state index contributed by atoms with van der Waals surface area (Å²) in [6, 6.07) is 13.8. The Bertz CT molecular complexity index is 1200. The van der Waals surface area contributed by atoms with Crippen molar-refractivity contribution in [2.75, 3.05) is 11.9 Å². The van der Waals surface area contributed by atoms with E-state index in [1.54, 1.807) is 4.68 Å². The van der Waals surface area contributed by atoms with E-state index in [1.807, 2.05) is 50.6 Å². The second-order valence-corrected chi connectivity index (χ2v) is 7.96. The molecule has 0 spiro atoms. The normalized spacial score (nSPS) is 17.0. The maximum absolute atomic E-state index is 11.1. The number of allylic oxidation sites excluding steroid dienone is 1. The lowest BCUT2D eigenvalue weighted by molar-refractivity contribution is -0.136. The highest BCUT2D eigenvalue weighted by Crippen LogP contribution is 2.35. The van der Waals surface area contributed by atoms with Crippen LogP contribution in [0.25, 0.3) is 16.8 Å². The highest BCUT2D eigenvalue weighted by atomic mass is 16.4. The van der Waals surface area contributed by atoms with E-state index in [-0.39, 0.29) is 12.5 Å². The average molecular weight is 431 g/mol. The second kappa shape index (κ2) is 9.05. The number of carbonyl (C=O) groups is 1. The summed E-state index contributed by atoms with van der Waals surface area (Å²) in [4.78, 5) is 11.1. The third-order valence-electron chi connectivity index (χ3n) is 5.62. The minimum Gasteiger partial charge on any atom is -0.481 e. The van der Waals surface area contributed by atoms with E-state index in [2.05, 4.69) is 39.0 Å². The quantitative estimate of drug-likeness (QED) is 0.427. The van der Waals surface area contributed by atoms with Gasteiger partial charge in [0.2, 0.25) is 0 Å². The predicted molar refractivity (Wildman–Crippen MR) is 123 cm³/mol. The molecule has 0 saturated carbocycles. The maximum Gasteiger partial charge on any atom is 0.307 e. The molecule has 32 heavy (non-hydrogen) atoms. The first-order chi connectivity index (χ1) is 15.4. The van der Waals surface area contributed by atoms with Gasteiger partial charge < -0.3 is 15.7 Å². The molecule has 1 aromatic heterocycles. The molecule has 0 aliphatic carbocycles. The molecule has 8 heteroatoms. The van der Waals surface area contributed by atoms with Crippen molar-refractivity contribution in [3.05, 3.63) is 77.2 Å². The number of nitrogens with zero attached hydrogens (tertiary/aromatic N) is 3. The number of hydrogen-bond acceptors (Lipinski definition) is 6. The van der Waals surface area contributed by atoms with Gasteiger partial charge in [0.1, 0.15) is 0 Å². The molecule has 3 aromatic rings. The molecular weight excluding hydrogens is 404 g/mol. The Morgan fingerprint density at radius 1 is 1.31 bits per heavy atom. The van der Waals surface area contributed by atoms with Crippen molar-refractivity contribution < 1.29 is 9.90 Å². The lowest BCUT2D eigenvalue weighted by Crippen LogP contribution is -2.15. The number of aryl methyl sites for hydroxylation is 1. The van der Waals surface area contributed by atoms with Crippen LogP contribution in [0.2, 0.25) is 0 Å². The Hall–Kier alpha value is -3.94. The summed E-state index contributed by atoms with van der Waals surface area (Å²) in [5.41, 5.74) is 14.8. The number of nitrogens with one attached hydrogen (secondary N) is 3. The monoisotopic (exact) mass is 430 g/mol. The molecule has 0 radical (unpaired) electrons. The van der Waals surface area contributed by atoms with Crippen LogP contribution in [0.15, 0.2) is 65.7 Å².